The van der Waals surface area contributed by atoms with Crippen LogP contribution >= 0.6 is 0 Å². The summed E-state index contributed by atoms with van der Waals surface area (Å²) in [5.74, 6) is 0.937. The number of amides is 1. The van der Waals surface area contributed by atoms with Crippen LogP contribution in [0.5, 0.6) is 0 Å². The van der Waals surface area contributed by atoms with Crippen molar-refractivity contribution in [1.29, 1.82) is 0 Å². The first kappa shape index (κ1) is 10.9. The van der Waals surface area contributed by atoms with E-state index in [4.69, 9.17) is 0 Å². The van der Waals surface area contributed by atoms with Gasteiger partial charge in [0.2, 0.25) is 5.91 Å². The van der Waals surface area contributed by atoms with E-state index in [-0.39, 0.29) is 6.04 Å². The molecule has 2 unspecified atom stereocenters. The molecule has 0 saturated carbocycles. The fourth-order valence-electron chi connectivity index (χ4n) is 2.72. The second kappa shape index (κ2) is 4.52. The molecule has 2 aliphatic rings. The van der Waals surface area contributed by atoms with Crippen LogP contribution < -0.4 is 5.32 Å². The first-order valence-electron chi connectivity index (χ1n) is 6.22. The predicted octanol–water partition coefficient (Wildman–Crippen LogP) is 1.39. The molecule has 2 saturated heterocycles. The van der Waals surface area contributed by atoms with Crippen molar-refractivity contribution in [2.24, 2.45) is 5.92 Å². The summed E-state index contributed by atoms with van der Waals surface area (Å²) >= 11 is 0. The zero-order chi connectivity index (χ0) is 10.8. The standard InChI is InChI=1S/C12H22N2O/c1-9(2)7-11-12(15)14-6-4-3-5-10(14)8-13-11/h9-11,13H,3-8H2,1-2H3. The molecule has 2 atom stereocenters. The van der Waals surface area contributed by atoms with Gasteiger partial charge in [0.25, 0.3) is 0 Å². The summed E-state index contributed by atoms with van der Waals surface area (Å²) in [6, 6.07) is 0.564. The van der Waals surface area contributed by atoms with E-state index in [1.807, 2.05) is 0 Å². The number of carbonyl (C=O) groups is 1. The van der Waals surface area contributed by atoms with E-state index in [1.165, 1.54) is 19.3 Å². The fraction of sp³-hybridized carbons (Fsp3) is 0.917. The molecule has 1 amide bonds. The van der Waals surface area contributed by atoms with E-state index in [0.29, 0.717) is 17.9 Å². The van der Waals surface area contributed by atoms with Crippen LogP contribution in [0.3, 0.4) is 0 Å². The summed E-state index contributed by atoms with van der Waals surface area (Å²) in [6.07, 6.45) is 4.64. The van der Waals surface area contributed by atoms with Crippen molar-refractivity contribution in [2.75, 3.05) is 13.1 Å². The van der Waals surface area contributed by atoms with E-state index in [2.05, 4.69) is 24.1 Å². The SMILES string of the molecule is CC(C)CC1NCC2CCCCN2C1=O. The van der Waals surface area contributed by atoms with Gasteiger partial charge in [-0.25, -0.2) is 0 Å². The number of hydrogen-bond acceptors (Lipinski definition) is 2. The second-order valence-corrected chi connectivity index (χ2v) is 5.27. The van der Waals surface area contributed by atoms with E-state index < -0.39 is 0 Å². The normalized spacial score (nSPS) is 31.9. The quantitative estimate of drug-likeness (QED) is 0.747. The number of piperidine rings is 1. The summed E-state index contributed by atoms with van der Waals surface area (Å²) in [5, 5.41) is 3.41. The lowest BCUT2D eigenvalue weighted by molar-refractivity contribution is -0.140. The molecule has 0 aromatic carbocycles. The Kier molecular flexibility index (Phi) is 3.29. The maximum atomic E-state index is 12.2. The molecule has 0 bridgehead atoms. The Balaban J connectivity index is 1.98. The van der Waals surface area contributed by atoms with Crippen LogP contribution in [0.25, 0.3) is 0 Å². The molecule has 0 spiro atoms. The number of hydrogen-bond donors (Lipinski definition) is 1. The molecule has 3 heteroatoms. The summed E-state index contributed by atoms with van der Waals surface area (Å²) in [5.41, 5.74) is 0. The molecule has 86 valence electrons. The van der Waals surface area contributed by atoms with Gasteiger partial charge in [0.05, 0.1) is 6.04 Å². The van der Waals surface area contributed by atoms with Gasteiger partial charge >= 0.3 is 0 Å². The molecule has 0 aromatic rings. The molecular formula is C12H22N2O. The topological polar surface area (TPSA) is 32.3 Å². The van der Waals surface area contributed by atoms with Crippen LogP contribution in [0, 0.1) is 5.92 Å². The second-order valence-electron chi connectivity index (χ2n) is 5.27. The Morgan fingerprint density at radius 1 is 1.47 bits per heavy atom. The molecule has 0 radical (unpaired) electrons. The van der Waals surface area contributed by atoms with Crippen molar-refractivity contribution in [2.45, 2.75) is 51.6 Å². The summed E-state index contributed by atoms with van der Waals surface area (Å²) in [4.78, 5) is 14.3. The van der Waals surface area contributed by atoms with E-state index in [1.54, 1.807) is 0 Å². The third kappa shape index (κ3) is 2.33. The van der Waals surface area contributed by atoms with Crippen LogP contribution in [-0.2, 0) is 4.79 Å². The Morgan fingerprint density at radius 3 is 3.00 bits per heavy atom. The zero-order valence-corrected chi connectivity index (χ0v) is 9.83. The van der Waals surface area contributed by atoms with Crippen LogP contribution in [0.2, 0.25) is 0 Å². The number of nitrogens with one attached hydrogen (secondary N) is 1. The van der Waals surface area contributed by atoms with Crippen LogP contribution in [-0.4, -0.2) is 36.0 Å². The molecule has 2 rings (SSSR count). The smallest absolute Gasteiger partial charge is 0.240 e. The average Bonchev–Trinajstić information content (AvgIpc) is 2.22. The summed E-state index contributed by atoms with van der Waals surface area (Å²) < 4.78 is 0. The van der Waals surface area contributed by atoms with Crippen LogP contribution in [0.15, 0.2) is 0 Å². The van der Waals surface area contributed by atoms with Gasteiger partial charge in [0.15, 0.2) is 0 Å². The monoisotopic (exact) mass is 210 g/mol. The van der Waals surface area contributed by atoms with Gasteiger partial charge in [-0.2, -0.15) is 0 Å². The lowest BCUT2D eigenvalue weighted by atomic mass is 9.94. The molecular weight excluding hydrogens is 188 g/mol. The van der Waals surface area contributed by atoms with Gasteiger partial charge in [-0.3, -0.25) is 4.79 Å². The Hall–Kier alpha value is -0.570. The third-order valence-corrected chi connectivity index (χ3v) is 3.52. The van der Waals surface area contributed by atoms with E-state index >= 15 is 0 Å². The van der Waals surface area contributed by atoms with Crippen molar-refractivity contribution in [3.8, 4) is 0 Å². The number of nitrogens with zero attached hydrogens (tertiary/aromatic N) is 1. The number of carbonyl (C=O) groups excluding carboxylic acids is 1. The average molecular weight is 210 g/mol. The Labute approximate surface area is 92.2 Å². The van der Waals surface area contributed by atoms with Gasteiger partial charge in [-0.05, 0) is 31.6 Å². The summed E-state index contributed by atoms with van der Waals surface area (Å²) in [6.45, 7) is 6.34. The predicted molar refractivity (Wildman–Crippen MR) is 60.6 cm³/mol. The van der Waals surface area contributed by atoms with Crippen LogP contribution in [0.4, 0.5) is 0 Å². The molecule has 3 nitrogen and oxygen atoms in total. The van der Waals surface area contributed by atoms with Gasteiger partial charge in [-0.15, -0.1) is 0 Å². The minimum Gasteiger partial charge on any atom is -0.337 e. The Bertz CT molecular complexity index is 240. The third-order valence-electron chi connectivity index (χ3n) is 3.52. The summed E-state index contributed by atoms with van der Waals surface area (Å²) in [7, 11) is 0. The first-order chi connectivity index (χ1) is 7.18. The molecule has 0 aromatic heterocycles. The fourth-order valence-corrected chi connectivity index (χ4v) is 2.72. The maximum Gasteiger partial charge on any atom is 0.240 e. The number of rotatable bonds is 2. The molecule has 2 heterocycles. The van der Waals surface area contributed by atoms with Gasteiger partial charge in [0.1, 0.15) is 0 Å². The largest absolute Gasteiger partial charge is 0.337 e. The van der Waals surface area contributed by atoms with Crippen molar-refractivity contribution < 1.29 is 4.79 Å². The van der Waals surface area contributed by atoms with Crippen molar-refractivity contribution >= 4 is 5.91 Å². The molecule has 1 N–H and O–H groups in total. The van der Waals surface area contributed by atoms with E-state index in [9.17, 15) is 4.79 Å². The number of fused-ring (bicyclic) bond motifs is 1. The molecule has 2 aliphatic heterocycles. The minimum absolute atomic E-state index is 0.0827. The van der Waals surface area contributed by atoms with Gasteiger partial charge in [0, 0.05) is 19.1 Å². The lowest BCUT2D eigenvalue weighted by Gasteiger charge is -2.43. The molecule has 15 heavy (non-hydrogen) atoms. The highest BCUT2D eigenvalue weighted by molar-refractivity contribution is 5.83. The maximum absolute atomic E-state index is 12.2. The van der Waals surface area contributed by atoms with Gasteiger partial charge < -0.3 is 10.2 Å². The van der Waals surface area contributed by atoms with Crippen molar-refractivity contribution in [3.63, 3.8) is 0 Å². The highest BCUT2D eigenvalue weighted by Gasteiger charge is 2.35. The molecule has 2 fully saturated rings. The lowest BCUT2D eigenvalue weighted by Crippen LogP contribution is -2.61. The highest BCUT2D eigenvalue weighted by atomic mass is 16.2. The van der Waals surface area contributed by atoms with Crippen molar-refractivity contribution in [1.82, 2.24) is 10.2 Å². The Morgan fingerprint density at radius 2 is 2.27 bits per heavy atom. The highest BCUT2D eigenvalue weighted by Crippen LogP contribution is 2.22. The zero-order valence-electron chi connectivity index (χ0n) is 9.83. The minimum atomic E-state index is 0.0827. The molecule has 0 aliphatic carbocycles. The number of piperazine rings is 1. The van der Waals surface area contributed by atoms with Crippen LogP contribution in [0.1, 0.15) is 39.5 Å². The van der Waals surface area contributed by atoms with E-state index in [0.717, 1.165) is 19.5 Å². The first-order valence-corrected chi connectivity index (χ1v) is 6.22. The van der Waals surface area contributed by atoms with Crippen molar-refractivity contribution in [3.05, 3.63) is 0 Å². The van der Waals surface area contributed by atoms with Gasteiger partial charge in [-0.1, -0.05) is 13.8 Å².